The summed E-state index contributed by atoms with van der Waals surface area (Å²) in [5, 5.41) is 10.1. The predicted molar refractivity (Wildman–Crippen MR) is 75.9 cm³/mol. The molecule has 6 heteroatoms. The lowest BCUT2D eigenvalue weighted by atomic mass is 10.0. The molecule has 2 aromatic carbocycles. The summed E-state index contributed by atoms with van der Waals surface area (Å²) in [5.74, 6) is -0.338. The number of rotatable bonds is 4. The molecule has 0 saturated heterocycles. The van der Waals surface area contributed by atoms with Gasteiger partial charge in [-0.3, -0.25) is 0 Å². The molecule has 2 aromatic rings. The van der Waals surface area contributed by atoms with Crippen molar-refractivity contribution in [3.63, 3.8) is 0 Å². The fourth-order valence-electron chi connectivity index (χ4n) is 1.88. The third-order valence-electron chi connectivity index (χ3n) is 2.82. The number of hydrogen-bond acceptors (Lipinski definition) is 2. The summed E-state index contributed by atoms with van der Waals surface area (Å²) in [6, 6.07) is 12.7. The fourth-order valence-corrected chi connectivity index (χ4v) is 2.14. The Hall–Kier alpha value is -1.53. The van der Waals surface area contributed by atoms with Gasteiger partial charge >= 0.3 is 6.36 Å². The topological polar surface area (TPSA) is 29.5 Å². The molecule has 0 aliphatic heterocycles. The Balaban J connectivity index is 2.10. The zero-order chi connectivity index (χ0) is 15.5. The summed E-state index contributed by atoms with van der Waals surface area (Å²) in [5.41, 5.74) is 1.26. The van der Waals surface area contributed by atoms with Crippen molar-refractivity contribution < 1.29 is 23.0 Å². The molecule has 0 bridgehead atoms. The van der Waals surface area contributed by atoms with Crippen LogP contribution in [0.5, 0.6) is 5.75 Å². The smallest absolute Gasteiger partial charge is 0.406 e. The summed E-state index contributed by atoms with van der Waals surface area (Å²) in [4.78, 5) is 0. The average molecular weight is 361 g/mol. The Morgan fingerprint density at radius 2 is 1.76 bits per heavy atom. The van der Waals surface area contributed by atoms with Gasteiger partial charge in [0.05, 0.1) is 6.10 Å². The van der Waals surface area contributed by atoms with Crippen molar-refractivity contribution in [2.45, 2.75) is 18.9 Å². The van der Waals surface area contributed by atoms with Crippen LogP contribution >= 0.6 is 15.9 Å². The van der Waals surface area contributed by atoms with Gasteiger partial charge in [0.25, 0.3) is 0 Å². The molecule has 0 fully saturated rings. The molecule has 2 nitrogen and oxygen atoms in total. The second-order valence-corrected chi connectivity index (χ2v) is 5.38. The first-order chi connectivity index (χ1) is 9.83. The molecule has 0 aromatic heterocycles. The van der Waals surface area contributed by atoms with Crippen molar-refractivity contribution in [3.8, 4) is 5.75 Å². The van der Waals surface area contributed by atoms with Crippen LogP contribution in [-0.2, 0) is 6.42 Å². The Kier molecular flexibility index (Phi) is 4.90. The van der Waals surface area contributed by atoms with Gasteiger partial charge < -0.3 is 9.84 Å². The van der Waals surface area contributed by atoms with Crippen molar-refractivity contribution >= 4 is 15.9 Å². The van der Waals surface area contributed by atoms with Gasteiger partial charge in [-0.15, -0.1) is 13.2 Å². The Labute approximate surface area is 128 Å². The molecule has 0 heterocycles. The van der Waals surface area contributed by atoms with Gasteiger partial charge in [-0.2, -0.15) is 0 Å². The van der Waals surface area contributed by atoms with E-state index >= 15 is 0 Å². The lowest BCUT2D eigenvalue weighted by Gasteiger charge is -2.14. The molecule has 112 valence electrons. The first kappa shape index (κ1) is 15.9. The van der Waals surface area contributed by atoms with Crippen LogP contribution in [0, 0.1) is 0 Å². The van der Waals surface area contributed by atoms with E-state index in [2.05, 4.69) is 20.7 Å². The maximum Gasteiger partial charge on any atom is 0.573 e. The molecule has 2 rings (SSSR count). The molecule has 0 amide bonds. The minimum Gasteiger partial charge on any atom is -0.406 e. The molecule has 1 unspecified atom stereocenters. The number of hydrogen-bond donors (Lipinski definition) is 1. The van der Waals surface area contributed by atoms with E-state index in [4.69, 9.17) is 0 Å². The zero-order valence-corrected chi connectivity index (χ0v) is 12.4. The minimum absolute atomic E-state index is 0.308. The number of alkyl halides is 3. The van der Waals surface area contributed by atoms with Crippen LogP contribution in [0.2, 0.25) is 0 Å². The standard InChI is InChI=1S/C15H12BrF3O2/c16-12-6-4-10(5-7-12)8-14(20)11-2-1-3-13(9-11)21-15(17,18)19/h1-7,9,14,20H,8H2. The van der Waals surface area contributed by atoms with E-state index in [0.717, 1.165) is 10.0 Å². The highest BCUT2D eigenvalue weighted by Crippen LogP contribution is 2.27. The zero-order valence-electron chi connectivity index (χ0n) is 10.8. The lowest BCUT2D eigenvalue weighted by molar-refractivity contribution is -0.274. The molecular weight excluding hydrogens is 349 g/mol. The van der Waals surface area contributed by atoms with Crippen molar-refractivity contribution in [3.05, 3.63) is 64.1 Å². The van der Waals surface area contributed by atoms with Gasteiger partial charge in [-0.05, 0) is 35.4 Å². The number of aliphatic hydroxyl groups is 1. The van der Waals surface area contributed by atoms with Gasteiger partial charge in [-0.25, -0.2) is 0 Å². The van der Waals surface area contributed by atoms with Crippen LogP contribution in [0.15, 0.2) is 53.0 Å². The summed E-state index contributed by atoms with van der Waals surface area (Å²) in [6.45, 7) is 0. The monoisotopic (exact) mass is 360 g/mol. The first-order valence-corrected chi connectivity index (χ1v) is 6.91. The van der Waals surface area contributed by atoms with Gasteiger partial charge in [-0.1, -0.05) is 40.2 Å². The summed E-state index contributed by atoms with van der Waals surface area (Å²) in [7, 11) is 0. The van der Waals surface area contributed by atoms with Crippen LogP contribution in [-0.4, -0.2) is 11.5 Å². The largest absolute Gasteiger partial charge is 0.573 e. The third-order valence-corrected chi connectivity index (χ3v) is 3.35. The highest BCUT2D eigenvalue weighted by molar-refractivity contribution is 9.10. The summed E-state index contributed by atoms with van der Waals surface area (Å²) < 4.78 is 41.3. The molecule has 0 spiro atoms. The number of halogens is 4. The van der Waals surface area contributed by atoms with E-state index in [1.165, 1.54) is 18.2 Å². The van der Waals surface area contributed by atoms with E-state index in [1.807, 2.05) is 24.3 Å². The minimum atomic E-state index is -4.74. The van der Waals surface area contributed by atoms with Crippen molar-refractivity contribution in [2.75, 3.05) is 0 Å². The molecule has 1 N–H and O–H groups in total. The van der Waals surface area contributed by atoms with E-state index in [-0.39, 0.29) is 5.75 Å². The quantitative estimate of drug-likeness (QED) is 0.861. The maximum absolute atomic E-state index is 12.2. The normalized spacial score (nSPS) is 13.0. The highest BCUT2D eigenvalue weighted by Gasteiger charge is 2.31. The van der Waals surface area contributed by atoms with Crippen molar-refractivity contribution in [1.29, 1.82) is 0 Å². The Morgan fingerprint density at radius 1 is 1.10 bits per heavy atom. The van der Waals surface area contributed by atoms with Crippen LogP contribution in [0.3, 0.4) is 0 Å². The molecular formula is C15H12BrF3O2. The lowest BCUT2D eigenvalue weighted by Crippen LogP contribution is -2.17. The number of benzene rings is 2. The molecule has 21 heavy (non-hydrogen) atoms. The maximum atomic E-state index is 12.2. The third kappa shape index (κ3) is 5.06. The molecule has 0 radical (unpaired) electrons. The molecule has 1 atom stereocenters. The predicted octanol–water partition coefficient (Wildman–Crippen LogP) is 4.62. The molecule has 0 aliphatic carbocycles. The van der Waals surface area contributed by atoms with Gasteiger partial charge in [0.2, 0.25) is 0 Å². The first-order valence-electron chi connectivity index (χ1n) is 6.12. The van der Waals surface area contributed by atoms with Gasteiger partial charge in [0.15, 0.2) is 0 Å². The van der Waals surface area contributed by atoms with E-state index in [0.29, 0.717) is 12.0 Å². The highest BCUT2D eigenvalue weighted by atomic mass is 79.9. The Morgan fingerprint density at radius 3 is 2.38 bits per heavy atom. The second kappa shape index (κ2) is 6.49. The summed E-state index contributed by atoms with van der Waals surface area (Å²) >= 11 is 3.31. The van der Waals surface area contributed by atoms with Crippen LogP contribution in [0.25, 0.3) is 0 Å². The number of ether oxygens (including phenoxy) is 1. The second-order valence-electron chi connectivity index (χ2n) is 4.47. The van der Waals surface area contributed by atoms with E-state index in [9.17, 15) is 18.3 Å². The van der Waals surface area contributed by atoms with E-state index < -0.39 is 12.5 Å². The van der Waals surface area contributed by atoms with Crippen molar-refractivity contribution in [2.24, 2.45) is 0 Å². The van der Waals surface area contributed by atoms with Crippen LogP contribution in [0.4, 0.5) is 13.2 Å². The SMILES string of the molecule is OC(Cc1ccc(Br)cc1)c1cccc(OC(F)(F)F)c1. The Bertz CT molecular complexity index is 597. The van der Waals surface area contributed by atoms with E-state index in [1.54, 1.807) is 6.07 Å². The van der Waals surface area contributed by atoms with Gasteiger partial charge in [0, 0.05) is 10.9 Å². The number of aliphatic hydroxyl groups excluding tert-OH is 1. The van der Waals surface area contributed by atoms with Crippen LogP contribution in [0.1, 0.15) is 17.2 Å². The fraction of sp³-hybridized carbons (Fsp3) is 0.200. The molecule has 0 saturated carbocycles. The van der Waals surface area contributed by atoms with Gasteiger partial charge in [0.1, 0.15) is 5.75 Å². The van der Waals surface area contributed by atoms with Crippen LogP contribution < -0.4 is 4.74 Å². The molecule has 0 aliphatic rings. The summed E-state index contributed by atoms with van der Waals surface area (Å²) in [6.07, 6.45) is -5.33. The average Bonchev–Trinajstić information content (AvgIpc) is 2.40. The van der Waals surface area contributed by atoms with Crippen molar-refractivity contribution in [1.82, 2.24) is 0 Å².